The van der Waals surface area contributed by atoms with Gasteiger partial charge in [-0.3, -0.25) is 0 Å². The zero-order chi connectivity index (χ0) is 10.6. The first-order valence-corrected chi connectivity index (χ1v) is 5.72. The highest BCUT2D eigenvalue weighted by molar-refractivity contribution is 5.74. The van der Waals surface area contributed by atoms with E-state index in [1.807, 2.05) is 4.90 Å². The fraction of sp³-hybridized carbons (Fsp3) is 0.909. The third-order valence-corrected chi connectivity index (χ3v) is 2.78. The van der Waals surface area contributed by atoms with Gasteiger partial charge in [-0.25, -0.2) is 4.79 Å². The van der Waals surface area contributed by atoms with Crippen LogP contribution in [0.25, 0.3) is 0 Å². The second kappa shape index (κ2) is 5.23. The minimum Gasteiger partial charge on any atom is -0.335 e. The van der Waals surface area contributed by atoms with Gasteiger partial charge in [-0.05, 0) is 39.5 Å². The van der Waals surface area contributed by atoms with E-state index in [4.69, 9.17) is 0 Å². The van der Waals surface area contributed by atoms with E-state index in [1.54, 1.807) is 0 Å². The molecule has 3 nitrogen and oxygen atoms in total. The van der Waals surface area contributed by atoms with E-state index < -0.39 is 0 Å². The minimum absolute atomic E-state index is 0.117. The highest BCUT2D eigenvalue weighted by Crippen LogP contribution is 2.18. The van der Waals surface area contributed by atoms with Gasteiger partial charge in [-0.1, -0.05) is 6.92 Å². The average molecular weight is 198 g/mol. The lowest BCUT2D eigenvalue weighted by Crippen LogP contribution is -2.49. The molecule has 3 heteroatoms. The largest absolute Gasteiger partial charge is 0.335 e. The number of carbonyl (C=O) groups is 1. The number of nitrogens with zero attached hydrogens (tertiary/aromatic N) is 1. The quantitative estimate of drug-likeness (QED) is 0.739. The molecule has 0 spiro atoms. The maximum absolute atomic E-state index is 11.8. The lowest BCUT2D eigenvalue weighted by Gasteiger charge is -2.32. The van der Waals surface area contributed by atoms with Crippen LogP contribution in [0, 0.1) is 0 Å². The van der Waals surface area contributed by atoms with Crippen molar-refractivity contribution in [1.82, 2.24) is 10.2 Å². The molecule has 1 rings (SSSR count). The third-order valence-electron chi connectivity index (χ3n) is 2.78. The van der Waals surface area contributed by atoms with Gasteiger partial charge in [0.05, 0.1) is 0 Å². The summed E-state index contributed by atoms with van der Waals surface area (Å²) in [6.45, 7) is 7.09. The number of hydrogen-bond donors (Lipinski definition) is 1. The van der Waals surface area contributed by atoms with Crippen molar-refractivity contribution in [3.63, 3.8) is 0 Å². The van der Waals surface area contributed by atoms with Gasteiger partial charge < -0.3 is 10.2 Å². The molecule has 0 heterocycles. The molecule has 0 aliphatic heterocycles. The molecule has 82 valence electrons. The van der Waals surface area contributed by atoms with Crippen molar-refractivity contribution in [2.24, 2.45) is 0 Å². The molecule has 1 saturated carbocycles. The van der Waals surface area contributed by atoms with E-state index in [0.717, 1.165) is 25.8 Å². The summed E-state index contributed by atoms with van der Waals surface area (Å²) in [6.07, 6.45) is 4.60. The van der Waals surface area contributed by atoms with E-state index >= 15 is 0 Å². The van der Waals surface area contributed by atoms with E-state index in [0.29, 0.717) is 12.1 Å². The van der Waals surface area contributed by atoms with Crippen LogP contribution in [-0.4, -0.2) is 29.6 Å². The fourth-order valence-corrected chi connectivity index (χ4v) is 1.65. The molecule has 0 bridgehead atoms. The monoisotopic (exact) mass is 198 g/mol. The van der Waals surface area contributed by atoms with Crippen molar-refractivity contribution in [3.05, 3.63) is 0 Å². The standard InChI is InChI=1S/C11H22N2O/c1-4-8-13(9(2)3)11(14)12-10-6-5-7-10/h9-10H,4-8H2,1-3H3,(H,12,14). The van der Waals surface area contributed by atoms with Gasteiger partial charge >= 0.3 is 6.03 Å². The Bertz CT molecular complexity index is 188. The number of nitrogens with one attached hydrogen (secondary N) is 1. The van der Waals surface area contributed by atoms with Crippen molar-refractivity contribution in [2.45, 2.75) is 58.5 Å². The molecule has 1 aliphatic carbocycles. The summed E-state index contributed by atoms with van der Waals surface area (Å²) in [5.41, 5.74) is 0. The van der Waals surface area contributed by atoms with Crippen LogP contribution in [0.1, 0.15) is 46.5 Å². The van der Waals surface area contributed by atoms with Gasteiger partial charge in [0, 0.05) is 18.6 Å². The predicted molar refractivity (Wildman–Crippen MR) is 58.3 cm³/mol. The zero-order valence-electron chi connectivity index (χ0n) is 9.55. The summed E-state index contributed by atoms with van der Waals surface area (Å²) < 4.78 is 0. The number of amides is 2. The van der Waals surface area contributed by atoms with Crippen LogP contribution in [0.4, 0.5) is 4.79 Å². The summed E-state index contributed by atoms with van der Waals surface area (Å²) in [7, 11) is 0. The molecule has 2 amide bonds. The Morgan fingerprint density at radius 3 is 2.50 bits per heavy atom. The minimum atomic E-state index is 0.117. The first-order chi connectivity index (χ1) is 6.65. The molecule has 0 radical (unpaired) electrons. The van der Waals surface area contributed by atoms with Gasteiger partial charge in [-0.15, -0.1) is 0 Å². The Hall–Kier alpha value is -0.730. The summed E-state index contributed by atoms with van der Waals surface area (Å²) in [6, 6.07) is 0.863. The van der Waals surface area contributed by atoms with E-state index in [9.17, 15) is 4.79 Å². The topological polar surface area (TPSA) is 32.3 Å². The molecule has 0 aromatic heterocycles. The van der Waals surface area contributed by atoms with Crippen molar-refractivity contribution in [2.75, 3.05) is 6.54 Å². The Morgan fingerprint density at radius 1 is 1.50 bits per heavy atom. The molecule has 1 N–H and O–H groups in total. The second-order valence-electron chi connectivity index (χ2n) is 4.36. The molecule has 14 heavy (non-hydrogen) atoms. The summed E-state index contributed by atoms with van der Waals surface area (Å²) in [4.78, 5) is 13.7. The molecule has 1 aliphatic rings. The van der Waals surface area contributed by atoms with Gasteiger partial charge in [-0.2, -0.15) is 0 Å². The highest BCUT2D eigenvalue weighted by Gasteiger charge is 2.23. The van der Waals surface area contributed by atoms with E-state index in [-0.39, 0.29) is 6.03 Å². The maximum atomic E-state index is 11.8. The van der Waals surface area contributed by atoms with Crippen LogP contribution in [0.5, 0.6) is 0 Å². The zero-order valence-corrected chi connectivity index (χ0v) is 9.55. The highest BCUT2D eigenvalue weighted by atomic mass is 16.2. The molecule has 0 aromatic rings. The molecule has 0 aromatic carbocycles. The molecule has 1 fully saturated rings. The van der Waals surface area contributed by atoms with Crippen LogP contribution < -0.4 is 5.32 Å². The number of carbonyl (C=O) groups excluding carboxylic acids is 1. The number of rotatable bonds is 4. The maximum Gasteiger partial charge on any atom is 0.317 e. The Kier molecular flexibility index (Phi) is 4.23. The number of hydrogen-bond acceptors (Lipinski definition) is 1. The second-order valence-corrected chi connectivity index (χ2v) is 4.36. The Balaban J connectivity index is 2.36. The summed E-state index contributed by atoms with van der Waals surface area (Å²) >= 11 is 0. The van der Waals surface area contributed by atoms with Crippen LogP contribution in [0.15, 0.2) is 0 Å². The van der Waals surface area contributed by atoms with E-state index in [2.05, 4.69) is 26.1 Å². The van der Waals surface area contributed by atoms with Gasteiger partial charge in [0.2, 0.25) is 0 Å². The smallest absolute Gasteiger partial charge is 0.317 e. The van der Waals surface area contributed by atoms with Crippen molar-refractivity contribution < 1.29 is 4.79 Å². The normalized spacial score (nSPS) is 16.6. The first kappa shape index (κ1) is 11.3. The van der Waals surface area contributed by atoms with Crippen LogP contribution in [0.3, 0.4) is 0 Å². The van der Waals surface area contributed by atoms with Crippen molar-refractivity contribution in [1.29, 1.82) is 0 Å². The van der Waals surface area contributed by atoms with Crippen LogP contribution in [-0.2, 0) is 0 Å². The Morgan fingerprint density at radius 2 is 2.14 bits per heavy atom. The third kappa shape index (κ3) is 2.89. The fourth-order valence-electron chi connectivity index (χ4n) is 1.65. The van der Waals surface area contributed by atoms with Gasteiger partial charge in [0.1, 0.15) is 0 Å². The van der Waals surface area contributed by atoms with Crippen molar-refractivity contribution in [3.8, 4) is 0 Å². The first-order valence-electron chi connectivity index (χ1n) is 5.72. The van der Waals surface area contributed by atoms with E-state index in [1.165, 1.54) is 6.42 Å². The summed E-state index contributed by atoms with van der Waals surface area (Å²) in [5, 5.41) is 3.07. The molecule has 0 saturated heterocycles. The SMILES string of the molecule is CCCN(C(=O)NC1CCC1)C(C)C. The van der Waals surface area contributed by atoms with Crippen molar-refractivity contribution >= 4 is 6.03 Å². The summed E-state index contributed by atoms with van der Waals surface area (Å²) in [5.74, 6) is 0. The number of urea groups is 1. The van der Waals surface area contributed by atoms with Gasteiger partial charge in [0.15, 0.2) is 0 Å². The molecule has 0 unspecified atom stereocenters. The molecule has 0 atom stereocenters. The van der Waals surface area contributed by atoms with Crippen LogP contribution >= 0.6 is 0 Å². The predicted octanol–water partition coefficient (Wildman–Crippen LogP) is 2.37. The average Bonchev–Trinajstić information content (AvgIpc) is 2.06. The Labute approximate surface area is 86.9 Å². The lowest BCUT2D eigenvalue weighted by atomic mass is 9.93. The van der Waals surface area contributed by atoms with Gasteiger partial charge in [0.25, 0.3) is 0 Å². The molecular weight excluding hydrogens is 176 g/mol. The molecular formula is C11H22N2O. The van der Waals surface area contributed by atoms with Crippen LogP contribution in [0.2, 0.25) is 0 Å². The lowest BCUT2D eigenvalue weighted by molar-refractivity contribution is 0.172.